The summed E-state index contributed by atoms with van der Waals surface area (Å²) in [6, 6.07) is 0. The Hall–Kier alpha value is -1.26. The second-order valence-corrected chi connectivity index (χ2v) is 10.9. The first kappa shape index (κ1) is 22.4. The molecule has 3 aliphatic rings. The van der Waals surface area contributed by atoms with E-state index in [9.17, 15) is 19.8 Å². The lowest BCUT2D eigenvalue weighted by atomic mass is 9.62. The maximum absolute atomic E-state index is 12.5. The summed E-state index contributed by atoms with van der Waals surface area (Å²) < 4.78 is 0. The van der Waals surface area contributed by atoms with Gasteiger partial charge in [-0.15, -0.1) is 0 Å². The van der Waals surface area contributed by atoms with E-state index in [0.717, 1.165) is 50.4 Å². The van der Waals surface area contributed by atoms with Crippen molar-refractivity contribution in [1.29, 1.82) is 0 Å². The standard InChI is InChI=1S/C25H38O4/c1-16-13-20(27)22-18(15-26)8-9-21-24(5,14-19(16)22)11-12-25(21,29)17(2)7-6-10-23(3,4)28/h8,13,15,17,19,21-22,28-29H,6-7,9-12,14H2,1-5H3/b18-8-/t17-,19+,21+,22-,24+,25-/m0/s1. The summed E-state index contributed by atoms with van der Waals surface area (Å²) in [4.78, 5) is 24.3. The summed E-state index contributed by atoms with van der Waals surface area (Å²) in [6.45, 7) is 10.1. The van der Waals surface area contributed by atoms with E-state index < -0.39 is 11.2 Å². The van der Waals surface area contributed by atoms with Crippen LogP contribution in [0.15, 0.2) is 23.3 Å². The minimum atomic E-state index is -0.772. The molecule has 0 aromatic carbocycles. The minimum Gasteiger partial charge on any atom is -0.390 e. The number of aldehydes is 1. The molecule has 4 heteroatoms. The minimum absolute atomic E-state index is 0.0488. The summed E-state index contributed by atoms with van der Waals surface area (Å²) in [5, 5.41) is 21.8. The number of carbonyl (C=O) groups is 2. The average Bonchev–Trinajstić information content (AvgIpc) is 3.01. The Balaban J connectivity index is 1.86. The average molecular weight is 403 g/mol. The fraction of sp³-hybridized carbons (Fsp3) is 0.760. The number of ketones is 1. The van der Waals surface area contributed by atoms with Gasteiger partial charge in [0.2, 0.25) is 0 Å². The van der Waals surface area contributed by atoms with Gasteiger partial charge in [0.1, 0.15) is 6.29 Å². The first-order valence-corrected chi connectivity index (χ1v) is 11.2. The maximum Gasteiger partial charge on any atom is 0.163 e. The third-order valence-electron chi connectivity index (χ3n) is 8.25. The first-order chi connectivity index (χ1) is 13.4. The maximum atomic E-state index is 12.5. The van der Waals surface area contributed by atoms with Gasteiger partial charge in [0.05, 0.1) is 17.1 Å². The quantitative estimate of drug-likeness (QED) is 0.646. The van der Waals surface area contributed by atoms with E-state index in [4.69, 9.17) is 0 Å². The van der Waals surface area contributed by atoms with Gasteiger partial charge >= 0.3 is 0 Å². The number of fused-ring (bicyclic) bond motifs is 2. The molecule has 0 saturated heterocycles. The highest BCUT2D eigenvalue weighted by molar-refractivity contribution is 6.01. The molecule has 0 bridgehead atoms. The molecule has 6 atom stereocenters. The number of hydrogen-bond acceptors (Lipinski definition) is 4. The Labute approximate surface area is 175 Å². The lowest BCUT2D eigenvalue weighted by Gasteiger charge is -2.44. The molecule has 0 aliphatic heterocycles. The van der Waals surface area contributed by atoms with Crippen LogP contribution in [0.4, 0.5) is 0 Å². The first-order valence-electron chi connectivity index (χ1n) is 11.2. The van der Waals surface area contributed by atoms with Crippen molar-refractivity contribution in [2.24, 2.45) is 29.1 Å². The van der Waals surface area contributed by atoms with Crippen molar-refractivity contribution in [3.05, 3.63) is 23.3 Å². The van der Waals surface area contributed by atoms with Crippen molar-refractivity contribution in [2.75, 3.05) is 0 Å². The van der Waals surface area contributed by atoms with Crippen molar-refractivity contribution >= 4 is 12.1 Å². The number of hydrogen-bond donors (Lipinski definition) is 2. The largest absolute Gasteiger partial charge is 0.390 e. The Kier molecular flexibility index (Phi) is 6.01. The third kappa shape index (κ3) is 4.16. The molecule has 3 aliphatic carbocycles. The van der Waals surface area contributed by atoms with Crippen LogP contribution >= 0.6 is 0 Å². The fourth-order valence-corrected chi connectivity index (χ4v) is 6.41. The van der Waals surface area contributed by atoms with E-state index in [1.165, 1.54) is 0 Å². The molecular formula is C25H38O4. The second kappa shape index (κ2) is 7.77. The molecule has 1 fully saturated rings. The molecule has 0 unspecified atom stereocenters. The summed E-state index contributed by atoms with van der Waals surface area (Å²) in [7, 11) is 0. The molecule has 0 spiro atoms. The number of rotatable bonds is 6. The molecule has 0 aromatic rings. The van der Waals surface area contributed by atoms with Gasteiger partial charge in [0, 0.05) is 0 Å². The highest BCUT2D eigenvalue weighted by Gasteiger charge is 2.57. The van der Waals surface area contributed by atoms with Crippen LogP contribution in [0.2, 0.25) is 0 Å². The number of carbonyl (C=O) groups excluding carboxylic acids is 2. The van der Waals surface area contributed by atoms with Gasteiger partial charge in [0.15, 0.2) is 5.78 Å². The predicted molar refractivity (Wildman–Crippen MR) is 114 cm³/mol. The molecule has 162 valence electrons. The van der Waals surface area contributed by atoms with Gasteiger partial charge < -0.3 is 10.2 Å². The van der Waals surface area contributed by atoms with Crippen LogP contribution < -0.4 is 0 Å². The Morgan fingerprint density at radius 1 is 1.34 bits per heavy atom. The highest BCUT2D eigenvalue weighted by atomic mass is 16.3. The van der Waals surface area contributed by atoms with Crippen LogP contribution in [-0.2, 0) is 9.59 Å². The molecule has 1 saturated carbocycles. The molecule has 0 heterocycles. The zero-order valence-electron chi connectivity index (χ0n) is 18.7. The zero-order chi connectivity index (χ0) is 21.6. The van der Waals surface area contributed by atoms with E-state index in [0.29, 0.717) is 12.0 Å². The van der Waals surface area contributed by atoms with E-state index in [1.54, 1.807) is 6.08 Å². The molecule has 3 rings (SSSR count). The fourth-order valence-electron chi connectivity index (χ4n) is 6.41. The van der Waals surface area contributed by atoms with Gasteiger partial charge in [-0.25, -0.2) is 0 Å². The van der Waals surface area contributed by atoms with Crippen molar-refractivity contribution in [1.82, 2.24) is 0 Å². The van der Waals surface area contributed by atoms with E-state index in [1.807, 2.05) is 26.8 Å². The number of allylic oxidation sites excluding steroid dienone is 4. The van der Waals surface area contributed by atoms with Crippen molar-refractivity contribution in [3.8, 4) is 0 Å². The smallest absolute Gasteiger partial charge is 0.163 e. The Bertz CT molecular complexity index is 728. The molecule has 0 amide bonds. The summed E-state index contributed by atoms with van der Waals surface area (Å²) in [6.07, 6.45) is 10.2. The molecule has 0 radical (unpaired) electrons. The summed E-state index contributed by atoms with van der Waals surface area (Å²) in [5.41, 5.74) is 0.170. The molecule has 29 heavy (non-hydrogen) atoms. The molecule has 4 nitrogen and oxygen atoms in total. The normalized spacial score (nSPS) is 40.2. The number of aliphatic hydroxyl groups is 2. The van der Waals surface area contributed by atoms with Crippen LogP contribution in [0.5, 0.6) is 0 Å². The molecular weight excluding hydrogens is 364 g/mol. The lowest BCUT2D eigenvalue weighted by molar-refractivity contribution is -0.119. The van der Waals surface area contributed by atoms with Crippen LogP contribution in [-0.4, -0.2) is 33.5 Å². The van der Waals surface area contributed by atoms with Gasteiger partial charge in [-0.2, -0.15) is 0 Å². The van der Waals surface area contributed by atoms with Gasteiger partial charge in [-0.1, -0.05) is 31.9 Å². The van der Waals surface area contributed by atoms with Crippen molar-refractivity contribution < 1.29 is 19.8 Å². The summed E-state index contributed by atoms with van der Waals surface area (Å²) >= 11 is 0. The van der Waals surface area contributed by atoms with Crippen LogP contribution in [0.25, 0.3) is 0 Å². The van der Waals surface area contributed by atoms with Crippen molar-refractivity contribution in [2.45, 2.75) is 90.8 Å². The van der Waals surface area contributed by atoms with Crippen LogP contribution in [0, 0.1) is 29.1 Å². The second-order valence-electron chi connectivity index (χ2n) is 10.9. The topological polar surface area (TPSA) is 74.6 Å². The van der Waals surface area contributed by atoms with Gasteiger partial charge in [-0.05, 0) is 94.1 Å². The molecule has 0 aromatic heterocycles. The predicted octanol–water partition coefficient (Wildman–Crippen LogP) is 4.39. The van der Waals surface area contributed by atoms with E-state index in [-0.39, 0.29) is 34.9 Å². The van der Waals surface area contributed by atoms with Crippen LogP contribution in [0.3, 0.4) is 0 Å². The Morgan fingerprint density at radius 2 is 2.03 bits per heavy atom. The Morgan fingerprint density at radius 3 is 2.66 bits per heavy atom. The third-order valence-corrected chi connectivity index (χ3v) is 8.25. The highest BCUT2D eigenvalue weighted by Crippen LogP contribution is 2.60. The van der Waals surface area contributed by atoms with Gasteiger partial charge in [-0.3, -0.25) is 9.59 Å². The molecule has 2 N–H and O–H groups in total. The summed E-state index contributed by atoms with van der Waals surface area (Å²) in [5.74, 6) is -0.00252. The zero-order valence-corrected chi connectivity index (χ0v) is 18.7. The SMILES string of the molecule is CC1=CC(=O)[C@H]2/C(C=O)=C\C[C@@H]3[C@](C)(CC[C@]3(O)[C@@H](C)CCCC(C)(C)O)C[C@H]12. The lowest BCUT2D eigenvalue weighted by Crippen LogP contribution is -2.45. The van der Waals surface area contributed by atoms with Crippen LogP contribution in [0.1, 0.15) is 79.6 Å². The monoisotopic (exact) mass is 402 g/mol. The van der Waals surface area contributed by atoms with E-state index >= 15 is 0 Å². The van der Waals surface area contributed by atoms with Gasteiger partial charge in [0.25, 0.3) is 0 Å². The van der Waals surface area contributed by atoms with E-state index in [2.05, 4.69) is 13.8 Å². The van der Waals surface area contributed by atoms with Crippen molar-refractivity contribution in [3.63, 3.8) is 0 Å².